The van der Waals surface area contributed by atoms with E-state index in [-0.39, 0.29) is 17.5 Å². The van der Waals surface area contributed by atoms with Crippen molar-refractivity contribution in [1.29, 1.82) is 0 Å². The van der Waals surface area contributed by atoms with Gasteiger partial charge < -0.3 is 10.1 Å². The molecule has 1 heterocycles. The Morgan fingerprint density at radius 1 is 1.35 bits per heavy atom. The third-order valence-corrected chi connectivity index (χ3v) is 4.64. The van der Waals surface area contributed by atoms with Crippen LogP contribution in [0.3, 0.4) is 0 Å². The van der Waals surface area contributed by atoms with Gasteiger partial charge in [0.05, 0.1) is 18.7 Å². The van der Waals surface area contributed by atoms with E-state index in [9.17, 15) is 9.59 Å². The van der Waals surface area contributed by atoms with Gasteiger partial charge in [0.2, 0.25) is 0 Å². The highest BCUT2D eigenvalue weighted by Crippen LogP contribution is 2.18. The summed E-state index contributed by atoms with van der Waals surface area (Å²) in [5, 5.41) is 7.68. The molecule has 136 valence electrons. The number of carbonyl (C=O) groups excluding carboxylic acids is 2. The highest BCUT2D eigenvalue weighted by molar-refractivity contribution is 9.10. The normalized spacial score (nSPS) is 10.1. The van der Waals surface area contributed by atoms with Crippen molar-refractivity contribution < 1.29 is 14.3 Å². The molecule has 0 aliphatic heterocycles. The first-order valence-corrected chi connectivity index (χ1v) is 9.64. The number of ether oxygens (including phenoxy) is 1. The number of anilines is 1. The van der Waals surface area contributed by atoms with Gasteiger partial charge in [-0.2, -0.15) is 0 Å². The average Bonchev–Trinajstić information content (AvgIpc) is 3.01. The number of thiazole rings is 1. The minimum absolute atomic E-state index is 0.0888. The van der Waals surface area contributed by atoms with E-state index < -0.39 is 5.91 Å². The molecule has 1 amide bonds. The van der Waals surface area contributed by atoms with E-state index in [0.717, 1.165) is 4.47 Å². The highest BCUT2D eigenvalue weighted by Gasteiger charge is 2.13. The van der Waals surface area contributed by atoms with Crippen LogP contribution in [0.2, 0.25) is 0 Å². The number of rotatable bonds is 6. The number of benzene rings is 1. The van der Waals surface area contributed by atoms with Gasteiger partial charge in [-0.15, -0.1) is 11.3 Å². The number of hydrogen-bond donors (Lipinski definition) is 2. The lowest BCUT2D eigenvalue weighted by Crippen LogP contribution is -2.34. The van der Waals surface area contributed by atoms with Crippen LogP contribution in [0.4, 0.5) is 5.13 Å². The van der Waals surface area contributed by atoms with E-state index in [1.54, 1.807) is 24.4 Å². The second kappa shape index (κ2) is 9.56. The van der Waals surface area contributed by atoms with Crippen LogP contribution in [-0.4, -0.2) is 28.6 Å². The number of carbonyl (C=O) groups is 2. The van der Waals surface area contributed by atoms with Crippen LogP contribution < -0.4 is 10.6 Å². The molecule has 0 aliphatic carbocycles. The van der Waals surface area contributed by atoms with Crippen LogP contribution in [0.15, 0.2) is 40.7 Å². The highest BCUT2D eigenvalue weighted by atomic mass is 79.9. The maximum atomic E-state index is 12.2. The SMILES string of the molecule is C=C(C(=O)NC(=S)Nc1nc(CC(=O)OCC)cs1)c1ccc(Br)cc1. The van der Waals surface area contributed by atoms with Crippen LogP contribution in [0, 0.1) is 0 Å². The van der Waals surface area contributed by atoms with Crippen molar-refractivity contribution in [3.05, 3.63) is 52.0 Å². The van der Waals surface area contributed by atoms with Crippen molar-refractivity contribution in [1.82, 2.24) is 10.3 Å². The molecule has 0 radical (unpaired) electrons. The maximum Gasteiger partial charge on any atom is 0.311 e. The third-order valence-electron chi connectivity index (χ3n) is 3.10. The number of aromatic nitrogens is 1. The molecule has 0 spiro atoms. The van der Waals surface area contributed by atoms with E-state index in [0.29, 0.717) is 28.6 Å². The summed E-state index contributed by atoms with van der Waals surface area (Å²) in [7, 11) is 0. The molecule has 0 fully saturated rings. The van der Waals surface area contributed by atoms with Gasteiger partial charge in [0, 0.05) is 15.4 Å². The van der Waals surface area contributed by atoms with Crippen molar-refractivity contribution >= 4 is 67.2 Å². The zero-order valence-corrected chi connectivity index (χ0v) is 17.1. The van der Waals surface area contributed by atoms with Gasteiger partial charge in [0.15, 0.2) is 10.2 Å². The maximum absolute atomic E-state index is 12.2. The van der Waals surface area contributed by atoms with Crippen molar-refractivity contribution in [3.8, 4) is 0 Å². The predicted octanol–water partition coefficient (Wildman–Crippen LogP) is 3.54. The van der Waals surface area contributed by atoms with Crippen LogP contribution in [0.25, 0.3) is 5.57 Å². The molecule has 1 aromatic heterocycles. The molecule has 0 bridgehead atoms. The number of amides is 1. The standard InChI is InChI=1S/C17H16BrN3O3S2/c1-3-24-14(22)8-13-9-26-17(19-13)21-16(25)20-15(23)10(2)11-4-6-12(18)7-5-11/h4-7,9H,2-3,8H2,1H3,(H2,19,20,21,23,25). The Morgan fingerprint density at radius 3 is 2.69 bits per heavy atom. The summed E-state index contributed by atoms with van der Waals surface area (Å²) < 4.78 is 5.79. The summed E-state index contributed by atoms with van der Waals surface area (Å²) in [6.45, 7) is 5.86. The largest absolute Gasteiger partial charge is 0.466 e. The second-order valence-corrected chi connectivity index (χ2v) is 7.20. The van der Waals surface area contributed by atoms with E-state index >= 15 is 0 Å². The fourth-order valence-corrected chi connectivity index (χ4v) is 3.13. The van der Waals surface area contributed by atoms with E-state index in [2.05, 4.69) is 38.1 Å². The molecule has 2 aromatic rings. The Balaban J connectivity index is 1.89. The molecule has 2 N–H and O–H groups in total. The summed E-state index contributed by atoms with van der Waals surface area (Å²) in [4.78, 5) is 27.9. The molecule has 1 aromatic carbocycles. The first-order valence-electron chi connectivity index (χ1n) is 7.56. The monoisotopic (exact) mass is 453 g/mol. The van der Waals surface area contributed by atoms with Gasteiger partial charge in [0.25, 0.3) is 5.91 Å². The zero-order chi connectivity index (χ0) is 19.1. The third kappa shape index (κ3) is 6.01. The van der Waals surface area contributed by atoms with Gasteiger partial charge in [-0.05, 0) is 36.8 Å². The number of esters is 1. The molecule has 0 saturated carbocycles. The molecule has 6 nitrogen and oxygen atoms in total. The lowest BCUT2D eigenvalue weighted by atomic mass is 10.1. The van der Waals surface area contributed by atoms with Gasteiger partial charge in [0.1, 0.15) is 0 Å². The van der Waals surface area contributed by atoms with Crippen LogP contribution >= 0.6 is 39.5 Å². The summed E-state index contributed by atoms with van der Waals surface area (Å²) in [6.07, 6.45) is 0.0888. The van der Waals surface area contributed by atoms with Crippen molar-refractivity contribution in [2.75, 3.05) is 11.9 Å². The van der Waals surface area contributed by atoms with Gasteiger partial charge in [-0.25, -0.2) is 4.98 Å². The number of hydrogen-bond acceptors (Lipinski definition) is 6. The predicted molar refractivity (Wildman–Crippen MR) is 110 cm³/mol. The van der Waals surface area contributed by atoms with Gasteiger partial charge >= 0.3 is 5.97 Å². The van der Waals surface area contributed by atoms with E-state index in [1.165, 1.54) is 11.3 Å². The molecule has 26 heavy (non-hydrogen) atoms. The number of nitrogens with one attached hydrogen (secondary N) is 2. The molecule has 9 heteroatoms. The first-order chi connectivity index (χ1) is 12.4. The Kier molecular flexibility index (Phi) is 7.43. The van der Waals surface area contributed by atoms with Crippen molar-refractivity contribution in [3.63, 3.8) is 0 Å². The quantitative estimate of drug-likeness (QED) is 0.395. The first kappa shape index (κ1) is 20.2. The molecule has 0 aliphatic rings. The number of nitrogens with zero attached hydrogens (tertiary/aromatic N) is 1. The van der Waals surface area contributed by atoms with Crippen LogP contribution in [-0.2, 0) is 20.7 Å². The van der Waals surface area contributed by atoms with Gasteiger partial charge in [-0.1, -0.05) is 34.6 Å². The topological polar surface area (TPSA) is 80.3 Å². The summed E-state index contributed by atoms with van der Waals surface area (Å²) in [6, 6.07) is 7.21. The molecular formula is C17H16BrN3O3S2. The van der Waals surface area contributed by atoms with Crippen LogP contribution in [0.1, 0.15) is 18.2 Å². The summed E-state index contributed by atoms with van der Waals surface area (Å²) in [5.41, 5.74) is 1.56. The smallest absolute Gasteiger partial charge is 0.311 e. The van der Waals surface area contributed by atoms with Crippen molar-refractivity contribution in [2.24, 2.45) is 0 Å². The fourth-order valence-electron chi connectivity index (χ4n) is 1.89. The number of thiocarbonyl (C=S) groups is 1. The summed E-state index contributed by atoms with van der Waals surface area (Å²) in [5.74, 6) is -0.751. The van der Waals surface area contributed by atoms with E-state index in [1.807, 2.05) is 12.1 Å². The van der Waals surface area contributed by atoms with Crippen molar-refractivity contribution in [2.45, 2.75) is 13.3 Å². The Bertz CT molecular complexity index is 834. The molecule has 2 rings (SSSR count). The Labute approximate surface area is 168 Å². The lowest BCUT2D eigenvalue weighted by Gasteiger charge is -2.09. The minimum atomic E-state index is -0.409. The zero-order valence-electron chi connectivity index (χ0n) is 13.9. The second-order valence-electron chi connectivity index (χ2n) is 5.02. The molecular weight excluding hydrogens is 438 g/mol. The number of halogens is 1. The van der Waals surface area contributed by atoms with Crippen LogP contribution in [0.5, 0.6) is 0 Å². The minimum Gasteiger partial charge on any atom is -0.466 e. The fraction of sp³-hybridized carbons (Fsp3) is 0.176. The lowest BCUT2D eigenvalue weighted by molar-refractivity contribution is -0.142. The van der Waals surface area contributed by atoms with Gasteiger partial charge in [-0.3, -0.25) is 14.9 Å². The molecule has 0 atom stereocenters. The van der Waals surface area contributed by atoms with E-state index in [4.69, 9.17) is 17.0 Å². The molecule has 0 unspecified atom stereocenters. The Hall–Kier alpha value is -2.10. The average molecular weight is 454 g/mol. The Morgan fingerprint density at radius 2 is 2.04 bits per heavy atom. The summed E-state index contributed by atoms with van der Waals surface area (Å²) >= 11 is 9.74. The molecule has 0 saturated heterocycles.